The van der Waals surface area contributed by atoms with Crippen LogP contribution in [0.1, 0.15) is 32.6 Å². The summed E-state index contributed by atoms with van der Waals surface area (Å²) >= 11 is 0. The van der Waals surface area contributed by atoms with Crippen LogP contribution in [0.5, 0.6) is 0 Å². The Morgan fingerprint density at radius 2 is 2.19 bits per heavy atom. The van der Waals surface area contributed by atoms with Gasteiger partial charge in [0.05, 0.1) is 6.61 Å². The van der Waals surface area contributed by atoms with Crippen molar-refractivity contribution in [3.8, 4) is 0 Å². The van der Waals surface area contributed by atoms with Gasteiger partial charge in [-0.05, 0) is 25.7 Å². The summed E-state index contributed by atoms with van der Waals surface area (Å²) in [7, 11) is 0. The van der Waals surface area contributed by atoms with Crippen molar-refractivity contribution in [3.05, 3.63) is 0 Å². The van der Waals surface area contributed by atoms with Crippen molar-refractivity contribution in [1.29, 1.82) is 0 Å². The Morgan fingerprint density at radius 3 is 2.75 bits per heavy atom. The Hall–Kier alpha value is -1.10. The Balaban J connectivity index is 2.09. The van der Waals surface area contributed by atoms with Crippen LogP contribution in [-0.4, -0.2) is 31.1 Å². The molecule has 1 aliphatic rings. The fourth-order valence-electron chi connectivity index (χ4n) is 1.46. The van der Waals surface area contributed by atoms with Crippen LogP contribution in [-0.2, 0) is 14.3 Å². The van der Waals surface area contributed by atoms with E-state index in [4.69, 9.17) is 5.73 Å². The number of rotatable bonds is 7. The molecular formula is C11H20N2O3. The van der Waals surface area contributed by atoms with Crippen molar-refractivity contribution in [2.75, 3.05) is 13.2 Å². The van der Waals surface area contributed by atoms with Crippen molar-refractivity contribution >= 4 is 11.9 Å². The fourth-order valence-corrected chi connectivity index (χ4v) is 1.46. The van der Waals surface area contributed by atoms with E-state index in [1.54, 1.807) is 6.92 Å². The minimum Gasteiger partial charge on any atom is -0.464 e. The SMILES string of the molecule is CCOC(=O)C(N)C(=O)NCCCC1CC1. The maximum absolute atomic E-state index is 11.4. The molecule has 1 aliphatic carbocycles. The van der Waals surface area contributed by atoms with E-state index in [0.29, 0.717) is 6.54 Å². The van der Waals surface area contributed by atoms with Crippen molar-refractivity contribution in [2.24, 2.45) is 11.7 Å². The summed E-state index contributed by atoms with van der Waals surface area (Å²) in [6.07, 6.45) is 4.73. The number of nitrogens with one attached hydrogen (secondary N) is 1. The Labute approximate surface area is 95.7 Å². The van der Waals surface area contributed by atoms with Gasteiger partial charge in [-0.1, -0.05) is 12.8 Å². The van der Waals surface area contributed by atoms with E-state index < -0.39 is 17.9 Å². The molecule has 16 heavy (non-hydrogen) atoms. The van der Waals surface area contributed by atoms with Gasteiger partial charge >= 0.3 is 5.97 Å². The molecule has 0 aromatic heterocycles. The molecule has 3 N–H and O–H groups in total. The molecule has 0 bridgehead atoms. The van der Waals surface area contributed by atoms with Crippen LogP contribution < -0.4 is 11.1 Å². The van der Waals surface area contributed by atoms with Gasteiger partial charge in [0, 0.05) is 6.54 Å². The van der Waals surface area contributed by atoms with Gasteiger partial charge in [0.25, 0.3) is 0 Å². The number of carbonyl (C=O) groups excluding carboxylic acids is 2. The predicted octanol–water partition coefficient (Wildman–Crippen LogP) is 0.183. The number of hydrogen-bond donors (Lipinski definition) is 2. The van der Waals surface area contributed by atoms with Crippen LogP contribution in [0.4, 0.5) is 0 Å². The lowest BCUT2D eigenvalue weighted by Crippen LogP contribution is -2.47. The van der Waals surface area contributed by atoms with Crippen LogP contribution in [0, 0.1) is 5.92 Å². The fraction of sp³-hybridized carbons (Fsp3) is 0.818. The second kappa shape index (κ2) is 6.48. The lowest BCUT2D eigenvalue weighted by Gasteiger charge is -2.10. The van der Waals surface area contributed by atoms with Crippen LogP contribution in [0.15, 0.2) is 0 Å². The van der Waals surface area contributed by atoms with Crippen molar-refractivity contribution in [3.63, 3.8) is 0 Å². The smallest absolute Gasteiger partial charge is 0.332 e. The quantitative estimate of drug-likeness (QED) is 0.370. The summed E-state index contributed by atoms with van der Waals surface area (Å²) in [5.41, 5.74) is 5.41. The van der Waals surface area contributed by atoms with Gasteiger partial charge in [0.1, 0.15) is 0 Å². The average Bonchev–Trinajstić information content (AvgIpc) is 3.07. The molecular weight excluding hydrogens is 208 g/mol. The van der Waals surface area contributed by atoms with Crippen LogP contribution in [0.25, 0.3) is 0 Å². The van der Waals surface area contributed by atoms with Gasteiger partial charge in [-0.15, -0.1) is 0 Å². The summed E-state index contributed by atoms with van der Waals surface area (Å²) in [4.78, 5) is 22.5. The average molecular weight is 228 g/mol. The van der Waals surface area contributed by atoms with Gasteiger partial charge in [0.2, 0.25) is 5.91 Å². The minimum absolute atomic E-state index is 0.238. The van der Waals surface area contributed by atoms with E-state index >= 15 is 0 Å². The minimum atomic E-state index is -1.19. The highest BCUT2D eigenvalue weighted by Gasteiger charge is 2.23. The second-order valence-electron chi connectivity index (χ2n) is 4.11. The molecule has 0 radical (unpaired) electrons. The Morgan fingerprint density at radius 1 is 1.50 bits per heavy atom. The van der Waals surface area contributed by atoms with E-state index in [0.717, 1.165) is 18.8 Å². The lowest BCUT2D eigenvalue weighted by atomic mass is 10.2. The van der Waals surface area contributed by atoms with Gasteiger partial charge in [0.15, 0.2) is 6.04 Å². The number of carbonyl (C=O) groups is 2. The first kappa shape index (κ1) is 13.0. The molecule has 0 aliphatic heterocycles. The molecule has 0 heterocycles. The molecule has 5 heteroatoms. The van der Waals surface area contributed by atoms with E-state index in [1.165, 1.54) is 12.8 Å². The second-order valence-corrected chi connectivity index (χ2v) is 4.11. The first-order chi connectivity index (χ1) is 7.65. The summed E-state index contributed by atoms with van der Waals surface area (Å²) in [5.74, 6) is -0.257. The monoisotopic (exact) mass is 228 g/mol. The van der Waals surface area contributed by atoms with E-state index in [2.05, 4.69) is 10.1 Å². The maximum atomic E-state index is 11.4. The lowest BCUT2D eigenvalue weighted by molar-refractivity contribution is -0.147. The van der Waals surface area contributed by atoms with Gasteiger partial charge in [-0.2, -0.15) is 0 Å². The number of amides is 1. The molecule has 5 nitrogen and oxygen atoms in total. The van der Waals surface area contributed by atoms with E-state index in [9.17, 15) is 9.59 Å². The molecule has 0 saturated heterocycles. The van der Waals surface area contributed by atoms with Gasteiger partial charge in [-0.25, -0.2) is 4.79 Å². The maximum Gasteiger partial charge on any atom is 0.332 e. The zero-order chi connectivity index (χ0) is 12.0. The summed E-state index contributed by atoms with van der Waals surface area (Å²) < 4.78 is 4.65. The highest BCUT2D eigenvalue weighted by atomic mass is 16.5. The third-order valence-electron chi connectivity index (χ3n) is 2.61. The Bertz CT molecular complexity index is 252. The zero-order valence-electron chi connectivity index (χ0n) is 9.70. The third-order valence-corrected chi connectivity index (χ3v) is 2.61. The van der Waals surface area contributed by atoms with Crippen molar-refractivity contribution < 1.29 is 14.3 Å². The van der Waals surface area contributed by atoms with Gasteiger partial charge in [-0.3, -0.25) is 4.79 Å². The summed E-state index contributed by atoms with van der Waals surface area (Å²) in [6, 6.07) is -1.19. The van der Waals surface area contributed by atoms with E-state index in [1.807, 2.05) is 0 Å². The zero-order valence-corrected chi connectivity index (χ0v) is 9.70. The number of esters is 1. The molecule has 1 unspecified atom stereocenters. The number of ether oxygens (including phenoxy) is 1. The van der Waals surface area contributed by atoms with Crippen molar-refractivity contribution in [2.45, 2.75) is 38.6 Å². The number of hydrogen-bond acceptors (Lipinski definition) is 4. The largest absolute Gasteiger partial charge is 0.464 e. The summed E-state index contributed by atoms with van der Waals surface area (Å²) in [6.45, 7) is 2.50. The molecule has 1 fully saturated rings. The molecule has 0 spiro atoms. The molecule has 0 aromatic carbocycles. The molecule has 1 saturated carbocycles. The molecule has 1 amide bonds. The third kappa shape index (κ3) is 4.61. The van der Waals surface area contributed by atoms with Crippen LogP contribution in [0.3, 0.4) is 0 Å². The first-order valence-corrected chi connectivity index (χ1v) is 5.85. The highest BCUT2D eigenvalue weighted by Crippen LogP contribution is 2.33. The normalized spacial score (nSPS) is 16.6. The van der Waals surface area contributed by atoms with Crippen LogP contribution >= 0.6 is 0 Å². The van der Waals surface area contributed by atoms with Crippen molar-refractivity contribution in [1.82, 2.24) is 5.32 Å². The first-order valence-electron chi connectivity index (χ1n) is 5.85. The highest BCUT2D eigenvalue weighted by molar-refractivity contribution is 6.01. The molecule has 92 valence electrons. The standard InChI is InChI=1S/C11H20N2O3/c1-2-16-11(15)9(12)10(14)13-7-3-4-8-5-6-8/h8-9H,2-7,12H2,1H3,(H,13,14). The van der Waals surface area contributed by atoms with Crippen LogP contribution in [0.2, 0.25) is 0 Å². The summed E-state index contributed by atoms with van der Waals surface area (Å²) in [5, 5.41) is 2.64. The predicted molar refractivity (Wildman–Crippen MR) is 59.6 cm³/mol. The Kier molecular flexibility index (Phi) is 5.25. The van der Waals surface area contributed by atoms with Gasteiger partial charge < -0.3 is 15.8 Å². The molecule has 0 aromatic rings. The molecule has 1 atom stereocenters. The van der Waals surface area contributed by atoms with E-state index in [-0.39, 0.29) is 6.61 Å². The topological polar surface area (TPSA) is 81.4 Å². The number of nitrogens with two attached hydrogens (primary N) is 1. The molecule has 1 rings (SSSR count).